The van der Waals surface area contributed by atoms with E-state index in [0.717, 1.165) is 50.9 Å². The number of carbonyl (C=O) groups excluding carboxylic acids is 1. The molecule has 0 aromatic heterocycles. The number of nitriles is 1. The Morgan fingerprint density at radius 1 is 1.24 bits per heavy atom. The highest BCUT2D eigenvalue weighted by Crippen LogP contribution is 2.41. The first-order valence-electron chi connectivity index (χ1n) is 10.5. The van der Waals surface area contributed by atoms with E-state index in [-0.39, 0.29) is 16.9 Å². The summed E-state index contributed by atoms with van der Waals surface area (Å²) in [6, 6.07) is 6.63. The number of aliphatic carboxylic acids is 1. The Hall–Kier alpha value is -2.71. The van der Waals surface area contributed by atoms with Crippen LogP contribution in [0, 0.1) is 22.6 Å². The molecule has 1 N–H and O–H groups in total. The second kappa shape index (κ2) is 11.4. The van der Waals surface area contributed by atoms with E-state index < -0.39 is 18.0 Å². The van der Waals surface area contributed by atoms with E-state index in [1.54, 1.807) is 19.2 Å². The highest BCUT2D eigenvalue weighted by Gasteiger charge is 2.46. The molecule has 1 unspecified atom stereocenters. The first-order valence-corrected chi connectivity index (χ1v) is 10.5. The highest BCUT2D eigenvalue weighted by molar-refractivity contribution is 5.84. The maximum Gasteiger partial charge on any atom is 0.490 e. The first kappa shape index (κ1) is 26.5. The van der Waals surface area contributed by atoms with Crippen molar-refractivity contribution in [2.75, 3.05) is 39.9 Å². The van der Waals surface area contributed by atoms with Gasteiger partial charge in [0.05, 0.1) is 17.6 Å². The van der Waals surface area contributed by atoms with Crippen LogP contribution in [0.25, 0.3) is 0 Å². The summed E-state index contributed by atoms with van der Waals surface area (Å²) in [4.78, 5) is 26.1. The third-order valence-electron chi connectivity index (χ3n) is 6.00. The Morgan fingerprint density at radius 2 is 1.91 bits per heavy atom. The molecule has 182 valence electrons. The van der Waals surface area contributed by atoms with E-state index >= 15 is 0 Å². The summed E-state index contributed by atoms with van der Waals surface area (Å²) in [5.41, 5.74) is 0.815. The molecule has 11 heteroatoms. The van der Waals surface area contributed by atoms with Gasteiger partial charge in [0.1, 0.15) is 11.9 Å². The van der Waals surface area contributed by atoms with Crippen LogP contribution in [0.5, 0.6) is 0 Å². The molecule has 2 aliphatic rings. The number of halogens is 4. The minimum Gasteiger partial charge on any atom is -0.475 e. The van der Waals surface area contributed by atoms with Gasteiger partial charge in [0.2, 0.25) is 5.91 Å². The summed E-state index contributed by atoms with van der Waals surface area (Å²) in [6.07, 6.45) is -1.38. The normalized spacial score (nSPS) is 21.3. The lowest BCUT2D eigenvalue weighted by molar-refractivity contribution is -0.192. The number of hydrogen-bond donors (Lipinski definition) is 1. The lowest BCUT2D eigenvalue weighted by atomic mass is 9.79. The van der Waals surface area contributed by atoms with Crippen molar-refractivity contribution < 1.29 is 37.0 Å². The van der Waals surface area contributed by atoms with Gasteiger partial charge in [-0.15, -0.1) is 0 Å². The van der Waals surface area contributed by atoms with Crippen molar-refractivity contribution in [2.24, 2.45) is 5.41 Å². The number of carbonyl (C=O) groups is 2. The zero-order valence-electron chi connectivity index (χ0n) is 18.3. The average molecular weight is 473 g/mol. The van der Waals surface area contributed by atoms with E-state index in [2.05, 4.69) is 4.90 Å². The predicted molar refractivity (Wildman–Crippen MR) is 109 cm³/mol. The monoisotopic (exact) mass is 473 g/mol. The molecular weight excluding hydrogens is 446 g/mol. The Balaban J connectivity index is 0.000000479. The molecule has 2 fully saturated rings. The summed E-state index contributed by atoms with van der Waals surface area (Å²) >= 11 is 0. The second-order valence-corrected chi connectivity index (χ2v) is 8.17. The largest absolute Gasteiger partial charge is 0.490 e. The van der Waals surface area contributed by atoms with Crippen LogP contribution in [-0.2, 0) is 20.9 Å². The van der Waals surface area contributed by atoms with Crippen LogP contribution in [0.1, 0.15) is 36.8 Å². The Labute approximate surface area is 189 Å². The quantitative estimate of drug-likeness (QED) is 0.661. The smallest absolute Gasteiger partial charge is 0.475 e. The Morgan fingerprint density at radius 3 is 2.52 bits per heavy atom. The number of rotatable bonds is 5. The van der Waals surface area contributed by atoms with Gasteiger partial charge in [0, 0.05) is 26.7 Å². The van der Waals surface area contributed by atoms with E-state index in [4.69, 9.17) is 19.9 Å². The number of nitrogens with zero attached hydrogens (tertiary/aromatic N) is 3. The molecule has 7 nitrogen and oxygen atoms in total. The molecule has 2 saturated heterocycles. The maximum atomic E-state index is 13.5. The number of methoxy groups -OCH3 is 1. The zero-order valence-corrected chi connectivity index (χ0v) is 18.3. The van der Waals surface area contributed by atoms with E-state index in [1.165, 1.54) is 6.07 Å². The lowest BCUT2D eigenvalue weighted by Gasteiger charge is -2.26. The topological polar surface area (TPSA) is 93.9 Å². The minimum atomic E-state index is -5.08. The predicted octanol–water partition coefficient (Wildman–Crippen LogP) is 3.18. The molecule has 0 bridgehead atoms. The van der Waals surface area contributed by atoms with Crippen LogP contribution in [0.3, 0.4) is 0 Å². The van der Waals surface area contributed by atoms with Crippen LogP contribution in [0.15, 0.2) is 18.2 Å². The van der Waals surface area contributed by atoms with Gasteiger partial charge in [-0.05, 0) is 56.5 Å². The molecule has 1 aromatic carbocycles. The Bertz CT molecular complexity index is 887. The van der Waals surface area contributed by atoms with Crippen molar-refractivity contribution in [2.45, 2.75) is 38.4 Å². The van der Waals surface area contributed by atoms with Gasteiger partial charge >= 0.3 is 12.1 Å². The highest BCUT2D eigenvalue weighted by atomic mass is 19.4. The van der Waals surface area contributed by atoms with Crippen molar-refractivity contribution in [1.29, 1.82) is 5.26 Å². The van der Waals surface area contributed by atoms with Crippen molar-refractivity contribution >= 4 is 11.9 Å². The number of likely N-dealkylation sites (tertiary alicyclic amines) is 2. The van der Waals surface area contributed by atoms with Gasteiger partial charge in [0.15, 0.2) is 0 Å². The van der Waals surface area contributed by atoms with Crippen molar-refractivity contribution in [3.8, 4) is 6.07 Å². The molecule has 33 heavy (non-hydrogen) atoms. The maximum absolute atomic E-state index is 13.5. The standard InChI is InChI=1S/C20H26FN3O2.C2HF3O2/c1-26-12-11-24-10-7-20(19(24)25)5-2-8-23(9-6-20)15-16-3-4-18(21)17(13-16)14-22;3-2(4,5)1(6)7/h3-4,13H,2,5-12,15H2,1H3;(H,6,7). The van der Waals surface area contributed by atoms with Crippen LogP contribution in [0.4, 0.5) is 17.6 Å². The van der Waals surface area contributed by atoms with Gasteiger partial charge in [0.25, 0.3) is 0 Å². The fourth-order valence-corrected chi connectivity index (χ4v) is 4.19. The fraction of sp³-hybridized carbons (Fsp3) is 0.591. The third-order valence-corrected chi connectivity index (χ3v) is 6.00. The van der Waals surface area contributed by atoms with E-state index in [1.807, 2.05) is 11.0 Å². The van der Waals surface area contributed by atoms with Gasteiger partial charge in [-0.25, -0.2) is 9.18 Å². The van der Waals surface area contributed by atoms with Gasteiger partial charge in [-0.3, -0.25) is 9.69 Å². The fourth-order valence-electron chi connectivity index (χ4n) is 4.19. The van der Waals surface area contributed by atoms with Crippen molar-refractivity contribution in [3.63, 3.8) is 0 Å². The van der Waals surface area contributed by atoms with Crippen molar-refractivity contribution in [3.05, 3.63) is 35.1 Å². The van der Waals surface area contributed by atoms with Gasteiger partial charge in [-0.1, -0.05) is 6.07 Å². The molecule has 1 amide bonds. The lowest BCUT2D eigenvalue weighted by Crippen LogP contribution is -2.37. The van der Waals surface area contributed by atoms with Gasteiger partial charge in [-0.2, -0.15) is 18.4 Å². The molecule has 0 radical (unpaired) electrons. The Kier molecular flexibility index (Phi) is 9.19. The molecule has 2 aliphatic heterocycles. The SMILES string of the molecule is COCCN1CCC2(CCCN(Cc3ccc(F)c(C#N)c3)CC2)C1=O.O=C(O)C(F)(F)F. The molecule has 1 aromatic rings. The van der Waals surface area contributed by atoms with Crippen molar-refractivity contribution in [1.82, 2.24) is 9.80 Å². The zero-order chi connectivity index (χ0) is 24.6. The second-order valence-electron chi connectivity index (χ2n) is 8.17. The summed E-state index contributed by atoms with van der Waals surface area (Å²) in [7, 11) is 1.66. The van der Waals surface area contributed by atoms with Crippen LogP contribution in [0.2, 0.25) is 0 Å². The molecule has 0 saturated carbocycles. The average Bonchev–Trinajstić information content (AvgIpc) is 2.93. The molecule has 3 rings (SSSR count). The van der Waals surface area contributed by atoms with E-state index in [0.29, 0.717) is 19.7 Å². The van der Waals surface area contributed by atoms with E-state index in [9.17, 15) is 22.4 Å². The number of amides is 1. The number of carboxylic acid groups (broad SMARTS) is 1. The number of benzene rings is 1. The molecule has 1 spiro atoms. The third kappa shape index (κ3) is 7.14. The minimum absolute atomic E-state index is 0.0912. The summed E-state index contributed by atoms with van der Waals surface area (Å²) in [6.45, 7) is 4.54. The number of alkyl halides is 3. The van der Waals surface area contributed by atoms with Gasteiger partial charge < -0.3 is 14.7 Å². The summed E-state index contributed by atoms with van der Waals surface area (Å²) in [5.74, 6) is -2.95. The van der Waals surface area contributed by atoms with Crippen LogP contribution >= 0.6 is 0 Å². The summed E-state index contributed by atoms with van der Waals surface area (Å²) < 4.78 is 50.3. The number of ether oxygens (including phenoxy) is 1. The summed E-state index contributed by atoms with van der Waals surface area (Å²) in [5, 5.41) is 16.1. The first-order chi connectivity index (χ1) is 15.5. The van der Waals surface area contributed by atoms with Crippen LogP contribution < -0.4 is 0 Å². The molecular formula is C22H27F4N3O4. The number of hydrogen-bond acceptors (Lipinski definition) is 5. The molecule has 0 aliphatic carbocycles. The molecule has 2 heterocycles. The molecule has 1 atom stereocenters. The number of carboxylic acids is 1. The van der Waals surface area contributed by atoms with Crippen LogP contribution in [-0.4, -0.2) is 72.9 Å².